The van der Waals surface area contributed by atoms with E-state index in [4.69, 9.17) is 0 Å². The van der Waals surface area contributed by atoms with Crippen LogP contribution in [0.1, 0.15) is 59.7 Å². The summed E-state index contributed by atoms with van der Waals surface area (Å²) in [5.41, 5.74) is 1.41. The molecular weight excluding hydrogens is 468 g/mol. The topological polar surface area (TPSA) is 125 Å². The van der Waals surface area contributed by atoms with Crippen LogP contribution < -0.4 is 16.0 Å². The molecule has 1 saturated heterocycles. The van der Waals surface area contributed by atoms with Crippen molar-refractivity contribution < 1.29 is 22.8 Å². The molecule has 2 aromatic rings. The summed E-state index contributed by atoms with van der Waals surface area (Å²) in [6, 6.07) is 12.5. The van der Waals surface area contributed by atoms with E-state index in [0.717, 1.165) is 25.7 Å². The lowest BCUT2D eigenvalue weighted by Gasteiger charge is -2.25. The molecule has 0 radical (unpaired) electrons. The molecule has 1 aliphatic heterocycles. The summed E-state index contributed by atoms with van der Waals surface area (Å²) in [6.07, 6.45) is 3.96. The highest BCUT2D eigenvalue weighted by Gasteiger charge is 2.25. The van der Waals surface area contributed by atoms with Crippen molar-refractivity contribution in [1.82, 2.24) is 14.9 Å². The lowest BCUT2D eigenvalue weighted by atomic mass is 10.2. The molecule has 0 spiro atoms. The summed E-state index contributed by atoms with van der Waals surface area (Å²) in [5.74, 6) is -0.718. The fourth-order valence-electron chi connectivity index (χ4n) is 3.74. The van der Waals surface area contributed by atoms with Gasteiger partial charge in [-0.1, -0.05) is 13.3 Å². The molecule has 2 aromatic carbocycles. The van der Waals surface area contributed by atoms with E-state index >= 15 is 0 Å². The number of sulfonamides is 1. The summed E-state index contributed by atoms with van der Waals surface area (Å²) in [5, 5.41) is 8.20. The van der Waals surface area contributed by atoms with Crippen molar-refractivity contribution in [1.29, 1.82) is 0 Å². The standard InChI is InChI=1S/C25H32N4O5S/c1-2-6-23(30)28-21-11-7-19(8-12-21)24(31)26-15-16-27-25(32)20-9-13-22(14-10-20)35(33,34)29-17-4-3-5-18-29/h7-14H,2-6,15-18H2,1H3,(H,26,31)(H,27,32)(H,28,30). The van der Waals surface area contributed by atoms with Gasteiger partial charge in [0, 0.05) is 49.4 Å². The van der Waals surface area contributed by atoms with Crippen molar-refractivity contribution in [2.75, 3.05) is 31.5 Å². The molecule has 1 aliphatic rings. The van der Waals surface area contributed by atoms with Gasteiger partial charge in [0.15, 0.2) is 0 Å². The predicted octanol–water partition coefficient (Wildman–Crippen LogP) is 2.76. The maximum absolute atomic E-state index is 12.7. The highest BCUT2D eigenvalue weighted by molar-refractivity contribution is 7.89. The smallest absolute Gasteiger partial charge is 0.251 e. The number of carbonyl (C=O) groups is 3. The van der Waals surface area contributed by atoms with Crippen LogP contribution in [0.25, 0.3) is 0 Å². The fraction of sp³-hybridized carbons (Fsp3) is 0.400. The third-order valence-electron chi connectivity index (χ3n) is 5.67. The molecule has 0 saturated carbocycles. The largest absolute Gasteiger partial charge is 0.350 e. The first-order valence-electron chi connectivity index (χ1n) is 11.9. The zero-order valence-electron chi connectivity index (χ0n) is 19.9. The third-order valence-corrected chi connectivity index (χ3v) is 7.59. The maximum atomic E-state index is 12.7. The number of rotatable bonds is 10. The third kappa shape index (κ3) is 7.37. The van der Waals surface area contributed by atoms with E-state index in [1.165, 1.54) is 28.6 Å². The predicted molar refractivity (Wildman–Crippen MR) is 134 cm³/mol. The van der Waals surface area contributed by atoms with Crippen LogP contribution in [0.4, 0.5) is 5.69 Å². The number of amides is 3. The van der Waals surface area contributed by atoms with Crippen LogP contribution >= 0.6 is 0 Å². The molecule has 3 N–H and O–H groups in total. The first-order chi connectivity index (χ1) is 16.8. The molecule has 0 aliphatic carbocycles. The van der Waals surface area contributed by atoms with Crippen molar-refractivity contribution >= 4 is 33.4 Å². The van der Waals surface area contributed by atoms with Gasteiger partial charge in [-0.15, -0.1) is 0 Å². The van der Waals surface area contributed by atoms with E-state index in [9.17, 15) is 22.8 Å². The maximum Gasteiger partial charge on any atom is 0.251 e. The summed E-state index contributed by atoms with van der Waals surface area (Å²) < 4.78 is 26.9. The van der Waals surface area contributed by atoms with E-state index in [1.54, 1.807) is 24.3 Å². The van der Waals surface area contributed by atoms with Crippen LogP contribution in [0.2, 0.25) is 0 Å². The van der Waals surface area contributed by atoms with Crippen LogP contribution in [-0.2, 0) is 14.8 Å². The van der Waals surface area contributed by atoms with Gasteiger partial charge in [-0.3, -0.25) is 14.4 Å². The van der Waals surface area contributed by atoms with Crippen LogP contribution in [0, 0.1) is 0 Å². The van der Waals surface area contributed by atoms with Crippen molar-refractivity contribution in [2.24, 2.45) is 0 Å². The van der Waals surface area contributed by atoms with Gasteiger partial charge in [-0.25, -0.2) is 8.42 Å². The molecule has 35 heavy (non-hydrogen) atoms. The first kappa shape index (κ1) is 26.4. The SMILES string of the molecule is CCCC(=O)Nc1ccc(C(=O)NCCNC(=O)c2ccc(S(=O)(=O)N3CCCCC3)cc2)cc1. The van der Waals surface area contributed by atoms with Gasteiger partial charge in [0.2, 0.25) is 15.9 Å². The van der Waals surface area contributed by atoms with Crippen LogP contribution in [-0.4, -0.2) is 56.6 Å². The van der Waals surface area contributed by atoms with Crippen molar-refractivity contribution in [3.8, 4) is 0 Å². The number of piperidine rings is 1. The molecule has 1 heterocycles. The van der Waals surface area contributed by atoms with Crippen LogP contribution in [0.3, 0.4) is 0 Å². The Hall–Kier alpha value is -3.24. The summed E-state index contributed by atoms with van der Waals surface area (Å²) in [7, 11) is -3.54. The molecule has 3 rings (SSSR count). The minimum atomic E-state index is -3.54. The highest BCUT2D eigenvalue weighted by Crippen LogP contribution is 2.20. The lowest BCUT2D eigenvalue weighted by Crippen LogP contribution is -2.36. The van der Waals surface area contributed by atoms with Crippen molar-refractivity contribution in [3.05, 3.63) is 59.7 Å². The second-order valence-electron chi connectivity index (χ2n) is 8.38. The van der Waals surface area contributed by atoms with E-state index in [0.29, 0.717) is 36.3 Å². The highest BCUT2D eigenvalue weighted by atomic mass is 32.2. The van der Waals surface area contributed by atoms with Gasteiger partial charge in [0.25, 0.3) is 11.8 Å². The van der Waals surface area contributed by atoms with E-state index < -0.39 is 10.0 Å². The van der Waals surface area contributed by atoms with Crippen molar-refractivity contribution in [2.45, 2.75) is 43.9 Å². The molecular formula is C25H32N4O5S. The fourth-order valence-corrected chi connectivity index (χ4v) is 5.26. The Balaban J connectivity index is 1.43. The van der Waals surface area contributed by atoms with Gasteiger partial charge in [-0.05, 0) is 67.8 Å². The summed E-state index contributed by atoms with van der Waals surface area (Å²) in [6.45, 7) is 3.41. The zero-order chi connectivity index (χ0) is 25.3. The zero-order valence-corrected chi connectivity index (χ0v) is 20.7. The van der Waals surface area contributed by atoms with Crippen LogP contribution in [0.15, 0.2) is 53.4 Å². The molecule has 1 fully saturated rings. The number of benzene rings is 2. The normalized spacial score (nSPS) is 14.2. The number of hydrogen-bond acceptors (Lipinski definition) is 5. The average molecular weight is 501 g/mol. The van der Waals surface area contributed by atoms with Gasteiger partial charge in [-0.2, -0.15) is 4.31 Å². The summed E-state index contributed by atoms with van der Waals surface area (Å²) in [4.78, 5) is 36.5. The van der Waals surface area contributed by atoms with Gasteiger partial charge < -0.3 is 16.0 Å². The second-order valence-corrected chi connectivity index (χ2v) is 10.3. The number of anilines is 1. The minimum Gasteiger partial charge on any atom is -0.350 e. The molecule has 0 bridgehead atoms. The number of carbonyl (C=O) groups excluding carboxylic acids is 3. The Bertz CT molecular complexity index is 1130. The Morgan fingerprint density at radius 3 is 1.83 bits per heavy atom. The van der Waals surface area contributed by atoms with Gasteiger partial charge >= 0.3 is 0 Å². The summed E-state index contributed by atoms with van der Waals surface area (Å²) >= 11 is 0. The molecule has 0 aromatic heterocycles. The number of nitrogens with zero attached hydrogens (tertiary/aromatic N) is 1. The molecule has 188 valence electrons. The van der Waals surface area contributed by atoms with Gasteiger partial charge in [0.05, 0.1) is 4.90 Å². The van der Waals surface area contributed by atoms with Crippen molar-refractivity contribution in [3.63, 3.8) is 0 Å². The molecule has 9 nitrogen and oxygen atoms in total. The Morgan fingerprint density at radius 1 is 0.800 bits per heavy atom. The quantitative estimate of drug-likeness (QED) is 0.433. The lowest BCUT2D eigenvalue weighted by molar-refractivity contribution is -0.116. The molecule has 10 heteroatoms. The van der Waals surface area contributed by atoms with Gasteiger partial charge in [0.1, 0.15) is 0 Å². The molecule has 0 unspecified atom stereocenters. The number of nitrogens with one attached hydrogen (secondary N) is 3. The van der Waals surface area contributed by atoms with E-state index in [-0.39, 0.29) is 35.7 Å². The Kier molecular flexibility index (Phi) is 9.39. The number of hydrogen-bond donors (Lipinski definition) is 3. The monoisotopic (exact) mass is 500 g/mol. The van der Waals surface area contributed by atoms with Crippen LogP contribution in [0.5, 0.6) is 0 Å². The molecule has 3 amide bonds. The molecule has 0 atom stereocenters. The average Bonchev–Trinajstić information content (AvgIpc) is 2.87. The first-order valence-corrected chi connectivity index (χ1v) is 13.3. The van der Waals surface area contributed by atoms with E-state index in [2.05, 4.69) is 16.0 Å². The Morgan fingerprint density at radius 2 is 1.31 bits per heavy atom. The van der Waals surface area contributed by atoms with E-state index in [1.807, 2.05) is 6.92 Å². The second kappa shape index (κ2) is 12.5. The Labute approximate surface area is 206 Å². The minimum absolute atomic E-state index is 0.0706.